The maximum Gasteiger partial charge on any atom is 0.230 e. The number of carbonyl (C=O) groups is 1. The average molecular weight is 379 g/mol. The minimum Gasteiger partial charge on any atom is -0.357 e. The van der Waals surface area contributed by atoms with E-state index in [0.717, 1.165) is 9.47 Å². The number of hydrogen-bond acceptors (Lipinski definition) is 6. The van der Waals surface area contributed by atoms with Gasteiger partial charge in [0.15, 0.2) is 4.34 Å². The number of quaternary nitrogens is 1. The van der Waals surface area contributed by atoms with E-state index in [1.54, 1.807) is 6.08 Å². The minimum atomic E-state index is 0.00276. The SMILES string of the molecule is C=CCNc1nnc(SCC(=O)NC[C@@H](c2ccccc2)[NH+](C)C)s1. The number of benzene rings is 1. The number of nitrogens with zero attached hydrogens (tertiary/aromatic N) is 2. The van der Waals surface area contributed by atoms with E-state index in [-0.39, 0.29) is 11.9 Å². The molecule has 0 bridgehead atoms. The molecule has 8 heteroatoms. The molecule has 0 aliphatic rings. The highest BCUT2D eigenvalue weighted by Crippen LogP contribution is 2.25. The van der Waals surface area contributed by atoms with E-state index in [4.69, 9.17) is 0 Å². The predicted octanol–water partition coefficient (Wildman–Crippen LogP) is 1.23. The van der Waals surface area contributed by atoms with E-state index in [0.29, 0.717) is 18.8 Å². The van der Waals surface area contributed by atoms with Crippen molar-refractivity contribution in [1.29, 1.82) is 0 Å². The molecular formula is C17H24N5OS2+. The third-order valence-corrected chi connectivity index (χ3v) is 5.55. The molecule has 1 heterocycles. The van der Waals surface area contributed by atoms with Crippen molar-refractivity contribution in [2.45, 2.75) is 10.4 Å². The van der Waals surface area contributed by atoms with Gasteiger partial charge in [-0.3, -0.25) is 4.79 Å². The topological polar surface area (TPSA) is 71.3 Å². The quantitative estimate of drug-likeness (QED) is 0.428. The van der Waals surface area contributed by atoms with Gasteiger partial charge in [-0.25, -0.2) is 0 Å². The summed E-state index contributed by atoms with van der Waals surface area (Å²) in [5.74, 6) is 0.336. The van der Waals surface area contributed by atoms with Crippen molar-refractivity contribution in [3.8, 4) is 0 Å². The Morgan fingerprint density at radius 2 is 2.12 bits per heavy atom. The van der Waals surface area contributed by atoms with Gasteiger partial charge in [-0.1, -0.05) is 59.5 Å². The van der Waals surface area contributed by atoms with E-state index in [1.807, 2.05) is 18.2 Å². The minimum absolute atomic E-state index is 0.00276. The van der Waals surface area contributed by atoms with Crippen LogP contribution in [0.5, 0.6) is 0 Å². The molecular weight excluding hydrogens is 354 g/mol. The van der Waals surface area contributed by atoms with E-state index in [1.165, 1.54) is 33.6 Å². The summed E-state index contributed by atoms with van der Waals surface area (Å²) < 4.78 is 0.777. The van der Waals surface area contributed by atoms with E-state index in [9.17, 15) is 4.79 Å². The molecule has 0 radical (unpaired) electrons. The number of hydrogen-bond donors (Lipinski definition) is 3. The first-order valence-electron chi connectivity index (χ1n) is 8.03. The largest absolute Gasteiger partial charge is 0.357 e. The molecule has 1 amide bonds. The molecule has 2 rings (SSSR count). The Hall–Kier alpha value is -1.90. The van der Waals surface area contributed by atoms with Crippen LogP contribution in [-0.2, 0) is 4.79 Å². The third-order valence-electron chi connectivity index (χ3n) is 3.53. The third kappa shape index (κ3) is 6.49. The van der Waals surface area contributed by atoms with Crippen LogP contribution in [0.15, 0.2) is 47.3 Å². The van der Waals surface area contributed by atoms with Gasteiger partial charge in [0.2, 0.25) is 11.0 Å². The lowest BCUT2D eigenvalue weighted by Gasteiger charge is -2.22. The summed E-state index contributed by atoms with van der Waals surface area (Å²) in [5.41, 5.74) is 1.22. The Balaban J connectivity index is 1.79. The first-order chi connectivity index (χ1) is 12.1. The van der Waals surface area contributed by atoms with Gasteiger partial charge in [0.1, 0.15) is 6.04 Å². The van der Waals surface area contributed by atoms with Crippen LogP contribution in [0.2, 0.25) is 0 Å². The smallest absolute Gasteiger partial charge is 0.230 e. The number of aromatic nitrogens is 2. The molecule has 0 aliphatic carbocycles. The highest BCUT2D eigenvalue weighted by atomic mass is 32.2. The average Bonchev–Trinajstić information content (AvgIpc) is 3.07. The normalized spacial score (nSPS) is 12.0. The summed E-state index contributed by atoms with van der Waals surface area (Å²) in [4.78, 5) is 13.4. The molecule has 0 saturated carbocycles. The molecule has 6 nitrogen and oxygen atoms in total. The predicted molar refractivity (Wildman–Crippen MR) is 104 cm³/mol. The standard InChI is InChI=1S/C17H23N5OS2/c1-4-10-18-16-20-21-17(25-16)24-12-15(23)19-11-14(22(2)3)13-8-6-5-7-9-13/h4-9,14H,1,10-12H2,2-3H3,(H,18,20)(H,19,23)/p+1/t14-/m0/s1. The van der Waals surface area contributed by atoms with Crippen molar-refractivity contribution in [3.05, 3.63) is 48.6 Å². The summed E-state index contributed by atoms with van der Waals surface area (Å²) in [6, 6.07) is 10.5. The van der Waals surface area contributed by atoms with Crippen LogP contribution in [0.4, 0.5) is 5.13 Å². The summed E-state index contributed by atoms with van der Waals surface area (Å²) >= 11 is 2.84. The zero-order valence-electron chi connectivity index (χ0n) is 14.5. The lowest BCUT2D eigenvalue weighted by molar-refractivity contribution is -0.890. The summed E-state index contributed by atoms with van der Waals surface area (Å²) in [5, 5.41) is 14.9. The summed E-state index contributed by atoms with van der Waals surface area (Å²) in [6.07, 6.45) is 1.76. The molecule has 0 aliphatic heterocycles. The molecule has 3 N–H and O–H groups in total. The molecule has 2 aromatic rings. The van der Waals surface area contributed by atoms with Gasteiger partial charge in [0, 0.05) is 12.1 Å². The molecule has 0 unspecified atom stereocenters. The number of rotatable bonds is 10. The van der Waals surface area contributed by atoms with Gasteiger partial charge in [-0.2, -0.15) is 0 Å². The highest BCUT2D eigenvalue weighted by Gasteiger charge is 2.18. The van der Waals surface area contributed by atoms with Crippen LogP contribution < -0.4 is 15.5 Å². The molecule has 25 heavy (non-hydrogen) atoms. The van der Waals surface area contributed by atoms with Crippen LogP contribution in [0.1, 0.15) is 11.6 Å². The second kappa shape index (κ2) is 10.2. The van der Waals surface area contributed by atoms with Gasteiger partial charge >= 0.3 is 0 Å². The number of carbonyl (C=O) groups excluding carboxylic acids is 1. The molecule has 134 valence electrons. The van der Waals surface area contributed by atoms with Gasteiger partial charge in [0.05, 0.1) is 26.4 Å². The monoisotopic (exact) mass is 378 g/mol. The number of anilines is 1. The van der Waals surface area contributed by atoms with E-state index < -0.39 is 0 Å². The van der Waals surface area contributed by atoms with Gasteiger partial charge in [0.25, 0.3) is 0 Å². The fraction of sp³-hybridized carbons (Fsp3) is 0.353. The van der Waals surface area contributed by atoms with Crippen molar-refractivity contribution in [1.82, 2.24) is 15.5 Å². The van der Waals surface area contributed by atoms with Crippen LogP contribution in [-0.4, -0.2) is 49.0 Å². The zero-order valence-corrected chi connectivity index (χ0v) is 16.1. The molecule has 0 fully saturated rings. The molecule has 1 atom stereocenters. The number of thioether (sulfide) groups is 1. The van der Waals surface area contributed by atoms with Crippen molar-refractivity contribution >= 4 is 34.1 Å². The summed E-state index contributed by atoms with van der Waals surface area (Å²) in [6.45, 7) is 4.90. The van der Waals surface area contributed by atoms with E-state index in [2.05, 4.69) is 53.6 Å². The fourth-order valence-electron chi connectivity index (χ4n) is 2.23. The van der Waals surface area contributed by atoms with Crippen LogP contribution >= 0.6 is 23.1 Å². The lowest BCUT2D eigenvalue weighted by Crippen LogP contribution is -3.07. The number of amides is 1. The second-order valence-corrected chi connectivity index (χ2v) is 7.88. The van der Waals surface area contributed by atoms with Crippen molar-refractivity contribution in [2.24, 2.45) is 0 Å². The Morgan fingerprint density at radius 1 is 1.36 bits per heavy atom. The number of nitrogens with one attached hydrogen (secondary N) is 3. The molecule has 1 aromatic carbocycles. The van der Waals surface area contributed by atoms with Gasteiger partial charge < -0.3 is 15.5 Å². The Labute approximate surface area is 156 Å². The molecule has 0 spiro atoms. The Kier molecular flexibility index (Phi) is 7.90. The maximum atomic E-state index is 12.1. The van der Waals surface area contributed by atoms with Gasteiger partial charge in [-0.15, -0.1) is 16.8 Å². The van der Waals surface area contributed by atoms with Crippen LogP contribution in [0.3, 0.4) is 0 Å². The highest BCUT2D eigenvalue weighted by molar-refractivity contribution is 8.01. The second-order valence-electron chi connectivity index (χ2n) is 5.68. The Bertz CT molecular complexity index is 675. The molecule has 0 saturated heterocycles. The molecule has 1 aromatic heterocycles. The number of likely N-dealkylation sites (N-methyl/N-ethyl adjacent to an activating group) is 1. The van der Waals surface area contributed by atoms with Crippen molar-refractivity contribution in [3.63, 3.8) is 0 Å². The zero-order chi connectivity index (χ0) is 18.1. The van der Waals surface area contributed by atoms with Crippen molar-refractivity contribution in [2.75, 3.05) is 38.3 Å². The Morgan fingerprint density at radius 3 is 2.80 bits per heavy atom. The van der Waals surface area contributed by atoms with Crippen molar-refractivity contribution < 1.29 is 9.69 Å². The van der Waals surface area contributed by atoms with Crippen LogP contribution in [0, 0.1) is 0 Å². The lowest BCUT2D eigenvalue weighted by atomic mass is 10.1. The van der Waals surface area contributed by atoms with Gasteiger partial charge in [-0.05, 0) is 0 Å². The first-order valence-corrected chi connectivity index (χ1v) is 9.83. The van der Waals surface area contributed by atoms with Crippen LogP contribution in [0.25, 0.3) is 0 Å². The van der Waals surface area contributed by atoms with E-state index >= 15 is 0 Å². The summed E-state index contributed by atoms with van der Waals surface area (Å²) in [7, 11) is 4.19. The first kappa shape index (κ1) is 19.4. The maximum absolute atomic E-state index is 12.1. The fourth-order valence-corrected chi connectivity index (χ4v) is 3.82.